The molecule has 0 radical (unpaired) electrons. The number of hydrogen-bond donors (Lipinski definition) is 3. The summed E-state index contributed by atoms with van der Waals surface area (Å²) >= 11 is 6.16. The van der Waals surface area contributed by atoms with Crippen LogP contribution in [0.5, 0.6) is 0 Å². The number of nitrogens with zero attached hydrogens (tertiary/aromatic N) is 2. The first kappa shape index (κ1) is 31.7. The van der Waals surface area contributed by atoms with Gasteiger partial charge >= 0.3 is 0 Å². The summed E-state index contributed by atoms with van der Waals surface area (Å²) in [6, 6.07) is 8.42. The van der Waals surface area contributed by atoms with Gasteiger partial charge in [0.25, 0.3) is 0 Å². The molecule has 0 spiro atoms. The normalized spacial score (nSPS) is 26.3. The van der Waals surface area contributed by atoms with Crippen molar-refractivity contribution < 1.29 is 14.3 Å². The summed E-state index contributed by atoms with van der Waals surface area (Å²) in [5.41, 5.74) is 0.911. The number of hydrogen-bond acceptors (Lipinski definition) is 6. The third-order valence-electron chi connectivity index (χ3n) is 10.3. The van der Waals surface area contributed by atoms with Crippen LogP contribution in [-0.4, -0.2) is 97.8 Å². The number of carbonyl (C=O) groups excluding carboxylic acids is 2. The van der Waals surface area contributed by atoms with Crippen LogP contribution in [0.1, 0.15) is 70.8 Å². The maximum atomic E-state index is 14.1. The summed E-state index contributed by atoms with van der Waals surface area (Å²) in [7, 11) is 0. The number of ether oxygens (including phenoxy) is 1. The van der Waals surface area contributed by atoms with E-state index in [9.17, 15) is 9.59 Å². The largest absolute Gasteiger partial charge is 0.379 e. The molecule has 0 bridgehead atoms. The lowest BCUT2D eigenvalue weighted by Gasteiger charge is -2.49. The van der Waals surface area contributed by atoms with E-state index in [0.29, 0.717) is 42.5 Å². The maximum absolute atomic E-state index is 14.1. The predicted molar refractivity (Wildman–Crippen MR) is 168 cm³/mol. The molecular weight excluding hydrogens is 550 g/mol. The summed E-state index contributed by atoms with van der Waals surface area (Å²) in [4.78, 5) is 31.6. The van der Waals surface area contributed by atoms with Gasteiger partial charge in [-0.1, -0.05) is 56.8 Å². The number of likely N-dealkylation sites (tertiary alicyclic amines) is 1. The molecule has 3 saturated heterocycles. The molecule has 1 aromatic carbocycles. The molecule has 1 aromatic rings. The van der Waals surface area contributed by atoms with E-state index in [1.54, 1.807) is 0 Å². The Hall–Kier alpha value is -1.71. The summed E-state index contributed by atoms with van der Waals surface area (Å²) in [6.07, 6.45) is 9.49. The van der Waals surface area contributed by atoms with Crippen LogP contribution in [-0.2, 0) is 20.7 Å². The second-order valence-corrected chi connectivity index (χ2v) is 13.8. The Morgan fingerprint density at radius 3 is 2.40 bits per heavy atom. The Bertz CT molecular complexity index is 1020. The van der Waals surface area contributed by atoms with Crippen LogP contribution in [0.25, 0.3) is 0 Å². The minimum absolute atomic E-state index is 0.0369. The van der Waals surface area contributed by atoms with E-state index in [-0.39, 0.29) is 29.3 Å². The number of carbonyl (C=O) groups is 2. The first-order valence-electron chi connectivity index (χ1n) is 16.5. The molecule has 4 aliphatic rings. The molecule has 3 heterocycles. The number of nitrogens with one attached hydrogen (secondary N) is 3. The smallest absolute Gasteiger partial charge is 0.240 e. The number of piperidine rings is 1. The molecule has 4 fully saturated rings. The maximum Gasteiger partial charge on any atom is 0.240 e. The first-order chi connectivity index (χ1) is 20.3. The van der Waals surface area contributed by atoms with Gasteiger partial charge in [-0.05, 0) is 62.1 Å². The van der Waals surface area contributed by atoms with Crippen molar-refractivity contribution in [1.29, 1.82) is 0 Å². The Morgan fingerprint density at radius 1 is 1.05 bits per heavy atom. The van der Waals surface area contributed by atoms with E-state index in [1.807, 2.05) is 38.1 Å². The van der Waals surface area contributed by atoms with Crippen molar-refractivity contribution in [3.63, 3.8) is 0 Å². The molecule has 3 aliphatic heterocycles. The van der Waals surface area contributed by atoms with Gasteiger partial charge in [-0.25, -0.2) is 0 Å². The number of benzene rings is 1. The summed E-state index contributed by atoms with van der Waals surface area (Å²) < 4.78 is 5.54. The highest BCUT2D eigenvalue weighted by Gasteiger charge is 2.44. The van der Waals surface area contributed by atoms with Crippen molar-refractivity contribution in [1.82, 2.24) is 25.8 Å². The van der Waals surface area contributed by atoms with E-state index in [0.717, 1.165) is 64.2 Å². The van der Waals surface area contributed by atoms with E-state index < -0.39 is 0 Å². The zero-order chi connectivity index (χ0) is 29.5. The standard InChI is InChI=1S/C33H52ClN5O3/c1-24(2)31(40)37-33(26-6-4-3-5-7-26)12-14-39(15-13-33)32(41)30(20-25-8-10-27(34)11-9-25)36-22-28-21-29(23-35-28)38-16-18-42-19-17-38/h8-11,24,26,28-30,35-36H,3-7,12-23H2,1-2H3,(H,37,40)/t28?,29?,30-/m1/s1. The molecule has 2 unspecified atom stereocenters. The van der Waals surface area contributed by atoms with Crippen molar-refractivity contribution in [2.24, 2.45) is 11.8 Å². The average Bonchev–Trinajstić information content (AvgIpc) is 3.50. The zero-order valence-corrected chi connectivity index (χ0v) is 26.5. The fourth-order valence-electron chi connectivity index (χ4n) is 7.59. The molecule has 3 N–H and O–H groups in total. The SMILES string of the molecule is CC(C)C(=O)NC1(C2CCCCC2)CCN(C(=O)[C@@H](Cc2ccc(Cl)cc2)NCC2CC(N3CCOCC3)CN2)CC1. The second kappa shape index (κ2) is 14.8. The highest BCUT2D eigenvalue weighted by molar-refractivity contribution is 6.30. The van der Waals surface area contributed by atoms with Crippen LogP contribution < -0.4 is 16.0 Å². The van der Waals surface area contributed by atoms with Gasteiger partial charge in [-0.2, -0.15) is 0 Å². The Labute approximate surface area is 257 Å². The quantitative estimate of drug-likeness (QED) is 0.380. The molecule has 1 saturated carbocycles. The highest BCUT2D eigenvalue weighted by Crippen LogP contribution is 2.39. The van der Waals surface area contributed by atoms with Gasteiger partial charge in [-0.15, -0.1) is 0 Å². The Balaban J connectivity index is 1.23. The third kappa shape index (κ3) is 8.06. The van der Waals surface area contributed by atoms with Gasteiger partial charge in [0, 0.05) is 67.8 Å². The van der Waals surface area contributed by atoms with Gasteiger partial charge < -0.3 is 25.6 Å². The first-order valence-corrected chi connectivity index (χ1v) is 16.8. The monoisotopic (exact) mass is 601 g/mol. The Morgan fingerprint density at radius 2 is 1.74 bits per heavy atom. The van der Waals surface area contributed by atoms with Crippen molar-refractivity contribution in [2.45, 2.75) is 95.3 Å². The fourth-order valence-corrected chi connectivity index (χ4v) is 7.71. The van der Waals surface area contributed by atoms with Crippen LogP contribution in [0.2, 0.25) is 5.02 Å². The van der Waals surface area contributed by atoms with Crippen molar-refractivity contribution in [2.75, 3.05) is 52.5 Å². The Kier molecular flexibility index (Phi) is 11.2. The highest BCUT2D eigenvalue weighted by atomic mass is 35.5. The molecule has 42 heavy (non-hydrogen) atoms. The average molecular weight is 602 g/mol. The van der Waals surface area contributed by atoms with E-state index in [1.165, 1.54) is 32.1 Å². The number of morpholine rings is 1. The molecule has 5 rings (SSSR count). The number of amides is 2. The molecule has 2 amide bonds. The van der Waals surface area contributed by atoms with Crippen LogP contribution in [0.4, 0.5) is 0 Å². The molecule has 1 aliphatic carbocycles. The molecule has 9 heteroatoms. The molecule has 3 atom stereocenters. The zero-order valence-electron chi connectivity index (χ0n) is 25.7. The van der Waals surface area contributed by atoms with Gasteiger partial charge in [0.15, 0.2) is 0 Å². The van der Waals surface area contributed by atoms with Gasteiger partial charge in [-0.3, -0.25) is 14.5 Å². The van der Waals surface area contributed by atoms with Crippen LogP contribution in [0.15, 0.2) is 24.3 Å². The summed E-state index contributed by atoms with van der Waals surface area (Å²) in [6.45, 7) is 10.7. The molecule has 0 aromatic heterocycles. The van der Waals surface area contributed by atoms with Crippen molar-refractivity contribution in [3.8, 4) is 0 Å². The summed E-state index contributed by atoms with van der Waals surface area (Å²) in [5.74, 6) is 0.773. The van der Waals surface area contributed by atoms with Crippen molar-refractivity contribution in [3.05, 3.63) is 34.9 Å². The molecule has 234 valence electrons. The van der Waals surface area contributed by atoms with Crippen LogP contribution >= 0.6 is 11.6 Å². The van der Waals surface area contributed by atoms with Gasteiger partial charge in [0.2, 0.25) is 11.8 Å². The van der Waals surface area contributed by atoms with E-state index in [2.05, 4.69) is 25.8 Å². The molecule has 8 nitrogen and oxygen atoms in total. The second-order valence-electron chi connectivity index (χ2n) is 13.4. The van der Waals surface area contributed by atoms with Crippen molar-refractivity contribution >= 4 is 23.4 Å². The van der Waals surface area contributed by atoms with E-state index >= 15 is 0 Å². The van der Waals surface area contributed by atoms with Crippen LogP contribution in [0, 0.1) is 11.8 Å². The predicted octanol–water partition coefficient (Wildman–Crippen LogP) is 3.62. The van der Waals surface area contributed by atoms with E-state index in [4.69, 9.17) is 16.3 Å². The fraction of sp³-hybridized carbons (Fsp3) is 0.758. The lowest BCUT2D eigenvalue weighted by atomic mass is 9.69. The number of halogens is 1. The van der Waals surface area contributed by atoms with Gasteiger partial charge in [0.1, 0.15) is 0 Å². The third-order valence-corrected chi connectivity index (χ3v) is 10.5. The lowest BCUT2D eigenvalue weighted by molar-refractivity contribution is -0.136. The summed E-state index contributed by atoms with van der Waals surface area (Å²) in [5, 5.41) is 11.6. The minimum Gasteiger partial charge on any atom is -0.379 e. The number of rotatable bonds is 10. The topological polar surface area (TPSA) is 85.9 Å². The minimum atomic E-state index is -0.303. The van der Waals surface area contributed by atoms with Crippen LogP contribution in [0.3, 0.4) is 0 Å². The molecular formula is C33H52ClN5O3. The lowest BCUT2D eigenvalue weighted by Crippen LogP contribution is -2.62. The van der Waals surface area contributed by atoms with Gasteiger partial charge in [0.05, 0.1) is 19.3 Å².